The van der Waals surface area contributed by atoms with E-state index in [0.29, 0.717) is 23.8 Å². The second-order valence-electron chi connectivity index (χ2n) is 8.42. The molecule has 0 amide bonds. The molecule has 174 valence electrons. The van der Waals surface area contributed by atoms with Crippen LogP contribution in [0.3, 0.4) is 0 Å². The molecule has 0 aliphatic heterocycles. The summed E-state index contributed by atoms with van der Waals surface area (Å²) in [6.07, 6.45) is 12.6. The molecule has 6 heteroatoms. The number of hydrogen-bond acceptors (Lipinski definition) is 1. The largest absolute Gasteiger partial charge is 0.429 e. The lowest BCUT2D eigenvalue weighted by molar-refractivity contribution is -0.0546. The zero-order valence-corrected chi connectivity index (χ0v) is 18.0. The van der Waals surface area contributed by atoms with Gasteiger partial charge in [-0.25, -0.2) is 8.78 Å². The Morgan fingerprint density at radius 3 is 2.19 bits per heavy atom. The SMILES string of the molecule is FCCC/C=C/C1CCC(CCc2ccc(-c3cc(F)c(OC(F)F)c(F)c3)cc2)CC1. The van der Waals surface area contributed by atoms with Gasteiger partial charge >= 0.3 is 6.61 Å². The molecule has 0 saturated heterocycles. The molecule has 0 unspecified atom stereocenters. The highest BCUT2D eigenvalue weighted by Gasteiger charge is 2.20. The molecular weight excluding hydrogens is 423 g/mol. The van der Waals surface area contributed by atoms with Crippen LogP contribution in [-0.2, 0) is 6.42 Å². The van der Waals surface area contributed by atoms with Crippen LogP contribution in [0.25, 0.3) is 11.1 Å². The van der Waals surface area contributed by atoms with Gasteiger partial charge in [-0.3, -0.25) is 4.39 Å². The van der Waals surface area contributed by atoms with Crippen molar-refractivity contribution in [2.45, 2.75) is 58.0 Å². The van der Waals surface area contributed by atoms with Crippen molar-refractivity contribution in [1.82, 2.24) is 0 Å². The highest BCUT2D eigenvalue weighted by molar-refractivity contribution is 5.65. The predicted octanol–water partition coefficient (Wildman–Crippen LogP) is 8.28. The maximum absolute atomic E-state index is 14.0. The molecule has 0 atom stereocenters. The van der Waals surface area contributed by atoms with Crippen molar-refractivity contribution < 1.29 is 26.7 Å². The van der Waals surface area contributed by atoms with E-state index in [2.05, 4.69) is 16.9 Å². The molecule has 1 aliphatic carbocycles. The highest BCUT2D eigenvalue weighted by atomic mass is 19.3. The minimum atomic E-state index is -3.29. The first-order valence-electron chi connectivity index (χ1n) is 11.2. The van der Waals surface area contributed by atoms with Crippen molar-refractivity contribution in [3.8, 4) is 16.9 Å². The second-order valence-corrected chi connectivity index (χ2v) is 8.42. The molecule has 0 spiro atoms. The Labute approximate surface area is 186 Å². The molecule has 1 saturated carbocycles. The van der Waals surface area contributed by atoms with E-state index >= 15 is 0 Å². The second kappa shape index (κ2) is 12.0. The van der Waals surface area contributed by atoms with Gasteiger partial charge in [-0.05, 0) is 92.0 Å². The zero-order valence-electron chi connectivity index (χ0n) is 18.0. The number of allylic oxidation sites excluding steroid dienone is 2. The molecule has 0 bridgehead atoms. The third-order valence-corrected chi connectivity index (χ3v) is 6.14. The first kappa shape index (κ1) is 24.3. The van der Waals surface area contributed by atoms with Gasteiger partial charge in [0.1, 0.15) is 0 Å². The summed E-state index contributed by atoms with van der Waals surface area (Å²) in [5.41, 5.74) is 2.03. The highest BCUT2D eigenvalue weighted by Crippen LogP contribution is 2.33. The van der Waals surface area contributed by atoms with Crippen molar-refractivity contribution >= 4 is 0 Å². The maximum Gasteiger partial charge on any atom is 0.387 e. The average Bonchev–Trinajstić information content (AvgIpc) is 2.78. The van der Waals surface area contributed by atoms with Crippen LogP contribution in [0.4, 0.5) is 22.0 Å². The first-order chi connectivity index (χ1) is 15.5. The average molecular weight is 453 g/mol. The zero-order chi connectivity index (χ0) is 22.9. The lowest BCUT2D eigenvalue weighted by Crippen LogP contribution is -2.13. The molecule has 1 fully saturated rings. The third-order valence-electron chi connectivity index (χ3n) is 6.14. The normalized spacial score (nSPS) is 19.1. The molecule has 32 heavy (non-hydrogen) atoms. The van der Waals surface area contributed by atoms with E-state index in [1.165, 1.54) is 25.7 Å². The fourth-order valence-electron chi connectivity index (χ4n) is 4.32. The van der Waals surface area contributed by atoms with Crippen molar-refractivity contribution in [3.05, 3.63) is 65.7 Å². The molecule has 3 rings (SSSR count). The van der Waals surface area contributed by atoms with Gasteiger partial charge in [0.15, 0.2) is 17.4 Å². The quantitative estimate of drug-likeness (QED) is 0.200. The summed E-state index contributed by atoms with van der Waals surface area (Å²) in [4.78, 5) is 0. The first-order valence-corrected chi connectivity index (χ1v) is 11.2. The number of rotatable bonds is 10. The summed E-state index contributed by atoms with van der Waals surface area (Å²) >= 11 is 0. The van der Waals surface area contributed by atoms with Crippen LogP contribution in [0.15, 0.2) is 48.6 Å². The smallest absolute Gasteiger partial charge is 0.387 e. The van der Waals surface area contributed by atoms with E-state index < -0.39 is 24.0 Å². The predicted molar refractivity (Wildman–Crippen MR) is 117 cm³/mol. The van der Waals surface area contributed by atoms with Crippen LogP contribution < -0.4 is 4.74 Å². The van der Waals surface area contributed by atoms with Crippen LogP contribution >= 0.6 is 0 Å². The van der Waals surface area contributed by atoms with Gasteiger partial charge in [0.25, 0.3) is 0 Å². The van der Waals surface area contributed by atoms with E-state index in [1.54, 1.807) is 12.1 Å². The fraction of sp³-hybridized carbons (Fsp3) is 0.462. The van der Waals surface area contributed by atoms with Gasteiger partial charge < -0.3 is 4.74 Å². The number of unbranched alkanes of at least 4 members (excludes halogenated alkanes) is 1. The molecule has 0 N–H and O–H groups in total. The Morgan fingerprint density at radius 1 is 0.938 bits per heavy atom. The summed E-state index contributed by atoms with van der Waals surface area (Å²) in [5, 5.41) is 0. The molecule has 2 aromatic carbocycles. The van der Waals surface area contributed by atoms with Gasteiger partial charge in [0.05, 0.1) is 6.67 Å². The van der Waals surface area contributed by atoms with Gasteiger partial charge in [-0.1, -0.05) is 36.4 Å². The minimum Gasteiger partial charge on any atom is -0.429 e. The summed E-state index contributed by atoms with van der Waals surface area (Å²) in [7, 11) is 0. The molecule has 0 heterocycles. The number of halogens is 5. The van der Waals surface area contributed by atoms with E-state index in [-0.39, 0.29) is 12.2 Å². The number of benzene rings is 2. The van der Waals surface area contributed by atoms with Crippen molar-refractivity contribution in [3.63, 3.8) is 0 Å². The molecular formula is C26H29F5O. The summed E-state index contributed by atoms with van der Waals surface area (Å²) in [6, 6.07) is 9.45. The third kappa shape index (κ3) is 7.07. The molecule has 2 aromatic rings. The van der Waals surface area contributed by atoms with E-state index in [4.69, 9.17) is 0 Å². The number of alkyl halides is 3. The Bertz CT molecular complexity index is 847. The summed E-state index contributed by atoms with van der Waals surface area (Å²) in [5.74, 6) is -2.07. The summed E-state index contributed by atoms with van der Waals surface area (Å²) in [6.45, 7) is -3.54. The van der Waals surface area contributed by atoms with E-state index in [0.717, 1.165) is 37.0 Å². The fourth-order valence-corrected chi connectivity index (χ4v) is 4.32. The molecule has 1 nitrogen and oxygen atoms in total. The van der Waals surface area contributed by atoms with Crippen LogP contribution in [-0.4, -0.2) is 13.3 Å². The van der Waals surface area contributed by atoms with Crippen molar-refractivity contribution in [1.29, 1.82) is 0 Å². The van der Waals surface area contributed by atoms with Gasteiger partial charge in [-0.2, -0.15) is 8.78 Å². The maximum atomic E-state index is 14.0. The topological polar surface area (TPSA) is 9.23 Å². The van der Waals surface area contributed by atoms with Crippen LogP contribution in [0.1, 0.15) is 50.5 Å². The number of aryl methyl sites for hydroxylation is 1. The van der Waals surface area contributed by atoms with Gasteiger partial charge in [-0.15, -0.1) is 0 Å². The molecule has 0 aromatic heterocycles. The van der Waals surface area contributed by atoms with Crippen LogP contribution in [0.2, 0.25) is 0 Å². The van der Waals surface area contributed by atoms with Crippen molar-refractivity contribution in [2.24, 2.45) is 11.8 Å². The Kier molecular flexibility index (Phi) is 9.12. The molecule has 0 radical (unpaired) electrons. The molecule has 1 aliphatic rings. The van der Waals surface area contributed by atoms with Gasteiger partial charge in [0, 0.05) is 0 Å². The lowest BCUT2D eigenvalue weighted by atomic mass is 9.79. The minimum absolute atomic E-state index is 0.256. The lowest BCUT2D eigenvalue weighted by Gasteiger charge is -2.26. The van der Waals surface area contributed by atoms with Gasteiger partial charge in [0.2, 0.25) is 0 Å². The standard InChI is InChI=1S/C26H29F5O/c27-15-3-1-2-4-18-5-7-19(8-6-18)9-10-20-11-13-21(14-12-20)22-16-23(28)25(24(29)17-22)32-26(30)31/h2,4,11-14,16-19,26H,1,3,5-10,15H2/b4-2+. The van der Waals surface area contributed by atoms with E-state index in [9.17, 15) is 22.0 Å². The van der Waals surface area contributed by atoms with Crippen LogP contribution in [0, 0.1) is 23.5 Å². The van der Waals surface area contributed by atoms with E-state index in [1.807, 2.05) is 12.1 Å². The Balaban J connectivity index is 1.50. The monoisotopic (exact) mass is 452 g/mol. The number of hydrogen-bond donors (Lipinski definition) is 0. The number of ether oxygens (including phenoxy) is 1. The summed E-state index contributed by atoms with van der Waals surface area (Å²) < 4.78 is 68.6. The van der Waals surface area contributed by atoms with Crippen molar-refractivity contribution in [2.75, 3.05) is 6.67 Å². The van der Waals surface area contributed by atoms with Crippen LogP contribution in [0.5, 0.6) is 5.75 Å². The Morgan fingerprint density at radius 2 is 1.59 bits per heavy atom. The Hall–Kier alpha value is -2.37.